The van der Waals surface area contributed by atoms with E-state index in [9.17, 15) is 9.59 Å². The van der Waals surface area contributed by atoms with Gasteiger partial charge < -0.3 is 14.8 Å². The fraction of sp³-hybridized carbons (Fsp3) is 0.250. The van der Waals surface area contributed by atoms with E-state index >= 15 is 0 Å². The maximum Gasteiger partial charge on any atom is 0.354 e. The molecule has 0 amide bonds. The first-order valence-electron chi connectivity index (χ1n) is 6.94. The highest BCUT2D eigenvalue weighted by Crippen LogP contribution is 2.19. The molecule has 118 valence electrons. The number of carboxylic acid groups (broad SMARTS) is 1. The Hall–Kier alpha value is -3.14. The third-order valence-electron chi connectivity index (χ3n) is 3.06. The number of carbonyl (C=O) groups is 1. The summed E-state index contributed by atoms with van der Waals surface area (Å²) in [5.74, 6) is -0.330. The highest BCUT2D eigenvalue weighted by Gasteiger charge is 2.10. The number of hydrogen-bond acceptors (Lipinski definition) is 5. The second kappa shape index (κ2) is 7.22. The van der Waals surface area contributed by atoms with Crippen molar-refractivity contribution < 1.29 is 14.6 Å². The normalized spacial score (nSPS) is 11.5. The van der Waals surface area contributed by atoms with E-state index in [4.69, 9.17) is 15.1 Å². The van der Waals surface area contributed by atoms with Crippen LogP contribution in [0.5, 0.6) is 5.75 Å². The molecule has 0 spiro atoms. The van der Waals surface area contributed by atoms with Crippen LogP contribution in [0.3, 0.4) is 0 Å². The van der Waals surface area contributed by atoms with Crippen LogP contribution in [0.15, 0.2) is 35.1 Å². The number of hydrogen-bond donors (Lipinski definition) is 2. The first kappa shape index (κ1) is 16.2. The second-order valence-electron chi connectivity index (χ2n) is 5.09. The zero-order valence-corrected chi connectivity index (χ0v) is 12.4. The SMILES string of the molecule is CC(CC#N)COc1ccc(-c2nc(C(=O)O)cc(=O)[nH]2)cc1. The number of nitriles is 1. The van der Waals surface area contributed by atoms with Crippen molar-refractivity contribution >= 4 is 5.97 Å². The molecule has 0 fully saturated rings. The van der Waals surface area contributed by atoms with Gasteiger partial charge in [-0.2, -0.15) is 5.26 Å². The van der Waals surface area contributed by atoms with Crippen LogP contribution in [0.25, 0.3) is 11.4 Å². The van der Waals surface area contributed by atoms with Gasteiger partial charge in [0.05, 0.1) is 12.7 Å². The lowest BCUT2D eigenvalue weighted by atomic mass is 10.1. The van der Waals surface area contributed by atoms with Crippen LogP contribution in [0.2, 0.25) is 0 Å². The highest BCUT2D eigenvalue weighted by atomic mass is 16.5. The van der Waals surface area contributed by atoms with Crippen LogP contribution >= 0.6 is 0 Å². The van der Waals surface area contributed by atoms with Crippen molar-refractivity contribution in [2.75, 3.05) is 6.61 Å². The summed E-state index contributed by atoms with van der Waals surface area (Å²) >= 11 is 0. The summed E-state index contributed by atoms with van der Waals surface area (Å²) in [5, 5.41) is 17.5. The zero-order chi connectivity index (χ0) is 16.8. The Labute approximate surface area is 132 Å². The van der Waals surface area contributed by atoms with Crippen LogP contribution in [0.4, 0.5) is 0 Å². The minimum absolute atomic E-state index is 0.130. The predicted octanol–water partition coefficient (Wildman–Crippen LogP) is 2.06. The molecule has 1 heterocycles. The van der Waals surface area contributed by atoms with Gasteiger partial charge in [0.25, 0.3) is 5.56 Å². The molecule has 0 aliphatic rings. The molecule has 0 radical (unpaired) electrons. The molecule has 1 aromatic heterocycles. The van der Waals surface area contributed by atoms with E-state index in [1.807, 2.05) is 6.92 Å². The summed E-state index contributed by atoms with van der Waals surface area (Å²) in [7, 11) is 0. The molecular weight excluding hydrogens is 298 g/mol. The first-order valence-corrected chi connectivity index (χ1v) is 6.94. The van der Waals surface area contributed by atoms with Gasteiger partial charge in [0.1, 0.15) is 11.6 Å². The Morgan fingerprint density at radius 3 is 2.74 bits per heavy atom. The number of rotatable bonds is 6. The quantitative estimate of drug-likeness (QED) is 0.843. The maximum atomic E-state index is 11.5. The molecule has 0 aliphatic carbocycles. The maximum absolute atomic E-state index is 11.5. The molecule has 0 saturated heterocycles. The molecule has 23 heavy (non-hydrogen) atoms. The molecule has 7 nitrogen and oxygen atoms in total. The van der Waals surface area contributed by atoms with E-state index in [-0.39, 0.29) is 17.4 Å². The third kappa shape index (κ3) is 4.41. The van der Waals surface area contributed by atoms with Crippen molar-refractivity contribution in [2.24, 2.45) is 5.92 Å². The first-order chi connectivity index (χ1) is 11.0. The molecule has 7 heteroatoms. The molecule has 2 rings (SSSR count). The van der Waals surface area contributed by atoms with Crippen LogP contribution in [0, 0.1) is 17.2 Å². The van der Waals surface area contributed by atoms with Gasteiger partial charge in [0.2, 0.25) is 0 Å². The topological polar surface area (TPSA) is 116 Å². The molecule has 1 unspecified atom stereocenters. The fourth-order valence-corrected chi connectivity index (χ4v) is 1.87. The summed E-state index contributed by atoms with van der Waals surface area (Å²) < 4.78 is 5.56. The average Bonchev–Trinajstić information content (AvgIpc) is 2.53. The Morgan fingerprint density at radius 1 is 1.43 bits per heavy atom. The Morgan fingerprint density at radius 2 is 2.13 bits per heavy atom. The molecule has 0 bridgehead atoms. The van der Waals surface area contributed by atoms with E-state index < -0.39 is 11.5 Å². The number of aromatic nitrogens is 2. The summed E-state index contributed by atoms with van der Waals surface area (Å²) in [5.41, 5.74) is -0.268. The van der Waals surface area contributed by atoms with Crippen LogP contribution < -0.4 is 10.3 Å². The van der Waals surface area contributed by atoms with Gasteiger partial charge in [-0.1, -0.05) is 6.92 Å². The Balaban J connectivity index is 2.15. The number of benzene rings is 1. The van der Waals surface area contributed by atoms with E-state index in [2.05, 4.69) is 16.0 Å². The number of aromatic carboxylic acids is 1. The largest absolute Gasteiger partial charge is 0.493 e. The van der Waals surface area contributed by atoms with E-state index in [1.165, 1.54) is 0 Å². The molecule has 1 atom stereocenters. The molecule has 2 N–H and O–H groups in total. The monoisotopic (exact) mass is 313 g/mol. The summed E-state index contributed by atoms with van der Waals surface area (Å²) in [6.45, 7) is 2.35. The molecule has 1 aromatic carbocycles. The van der Waals surface area contributed by atoms with Crippen molar-refractivity contribution in [2.45, 2.75) is 13.3 Å². The van der Waals surface area contributed by atoms with Gasteiger partial charge in [-0.05, 0) is 24.3 Å². The lowest BCUT2D eigenvalue weighted by Gasteiger charge is -2.10. The van der Waals surface area contributed by atoms with Gasteiger partial charge in [-0.15, -0.1) is 0 Å². The smallest absolute Gasteiger partial charge is 0.354 e. The highest BCUT2D eigenvalue weighted by molar-refractivity contribution is 5.85. The average molecular weight is 313 g/mol. The molecule has 2 aromatic rings. The molecule has 0 saturated carbocycles. The number of aromatic amines is 1. The number of ether oxygens (including phenoxy) is 1. The van der Waals surface area contributed by atoms with Gasteiger partial charge in [0, 0.05) is 24.0 Å². The molecule has 0 aliphatic heterocycles. The van der Waals surface area contributed by atoms with Gasteiger partial charge in [-0.25, -0.2) is 9.78 Å². The minimum atomic E-state index is -1.26. The van der Waals surface area contributed by atoms with Crippen LogP contribution in [-0.4, -0.2) is 27.7 Å². The third-order valence-corrected chi connectivity index (χ3v) is 3.06. The summed E-state index contributed by atoms with van der Waals surface area (Å²) in [4.78, 5) is 28.8. The lowest BCUT2D eigenvalue weighted by Crippen LogP contribution is -2.13. The Bertz CT molecular complexity index is 790. The summed E-state index contributed by atoms with van der Waals surface area (Å²) in [6, 6.07) is 9.76. The number of nitrogens with one attached hydrogen (secondary N) is 1. The van der Waals surface area contributed by atoms with E-state index in [1.54, 1.807) is 24.3 Å². The fourth-order valence-electron chi connectivity index (χ4n) is 1.87. The van der Waals surface area contributed by atoms with E-state index in [0.717, 1.165) is 6.07 Å². The van der Waals surface area contributed by atoms with Crippen LogP contribution in [0.1, 0.15) is 23.8 Å². The van der Waals surface area contributed by atoms with Crippen molar-refractivity contribution in [3.8, 4) is 23.2 Å². The molecular formula is C16H15N3O4. The van der Waals surface area contributed by atoms with E-state index in [0.29, 0.717) is 24.3 Å². The zero-order valence-electron chi connectivity index (χ0n) is 12.4. The number of carboxylic acids is 1. The minimum Gasteiger partial charge on any atom is -0.493 e. The van der Waals surface area contributed by atoms with Crippen LogP contribution in [-0.2, 0) is 0 Å². The number of H-pyrrole nitrogens is 1. The number of nitrogens with zero attached hydrogens (tertiary/aromatic N) is 2. The second-order valence-corrected chi connectivity index (χ2v) is 5.09. The van der Waals surface area contributed by atoms with Crippen molar-refractivity contribution in [3.63, 3.8) is 0 Å². The standard InChI is InChI=1S/C16H15N3O4/c1-10(6-7-17)9-23-12-4-2-11(3-5-12)15-18-13(16(21)22)8-14(20)19-15/h2-5,8,10H,6,9H2,1H3,(H,21,22)(H,18,19,20). The van der Waals surface area contributed by atoms with Crippen molar-refractivity contribution in [1.29, 1.82) is 5.26 Å². The lowest BCUT2D eigenvalue weighted by molar-refractivity contribution is 0.0690. The summed E-state index contributed by atoms with van der Waals surface area (Å²) in [6.07, 6.45) is 0.422. The predicted molar refractivity (Wildman–Crippen MR) is 82.1 cm³/mol. The van der Waals surface area contributed by atoms with Gasteiger partial charge >= 0.3 is 5.97 Å². The van der Waals surface area contributed by atoms with Crippen molar-refractivity contribution in [3.05, 3.63) is 46.4 Å². The van der Waals surface area contributed by atoms with Crippen molar-refractivity contribution in [1.82, 2.24) is 9.97 Å². The Kier molecular flexibility index (Phi) is 5.10. The van der Waals surface area contributed by atoms with Gasteiger partial charge in [0.15, 0.2) is 5.69 Å². The van der Waals surface area contributed by atoms with Gasteiger partial charge in [-0.3, -0.25) is 4.79 Å².